The van der Waals surface area contributed by atoms with Crippen molar-refractivity contribution in [3.63, 3.8) is 0 Å². The van der Waals surface area contributed by atoms with Crippen molar-refractivity contribution in [3.8, 4) is 0 Å². The number of amides is 1. The van der Waals surface area contributed by atoms with E-state index in [0.717, 1.165) is 0 Å². The lowest BCUT2D eigenvalue weighted by molar-refractivity contribution is -0.145. The number of aliphatic hydroxyl groups is 1. The maximum absolute atomic E-state index is 11.5. The Balaban J connectivity index is 2.38. The quantitative estimate of drug-likeness (QED) is 0.751. The van der Waals surface area contributed by atoms with Gasteiger partial charge in [-0.2, -0.15) is 0 Å². The van der Waals surface area contributed by atoms with E-state index in [4.69, 9.17) is 4.74 Å². The molecular formula is C13H23NO5. The number of hydrogen-bond donors (Lipinski definition) is 2. The molecule has 3 atom stereocenters. The molecule has 0 aromatic heterocycles. The molecular weight excluding hydrogens is 250 g/mol. The SMILES string of the molecule is COC(=O)[C@@H]1C[C@@H](CNC(=O)OC(C)(C)C)[C@@H](O)C1. The third-order valence-electron chi connectivity index (χ3n) is 3.10. The van der Waals surface area contributed by atoms with Gasteiger partial charge in [0.05, 0.1) is 19.1 Å². The number of aliphatic hydroxyl groups excluding tert-OH is 1. The Labute approximate surface area is 113 Å². The topological polar surface area (TPSA) is 84.9 Å². The van der Waals surface area contributed by atoms with E-state index in [0.29, 0.717) is 19.4 Å². The predicted molar refractivity (Wildman–Crippen MR) is 68.5 cm³/mol. The monoisotopic (exact) mass is 273 g/mol. The number of carbonyl (C=O) groups is 2. The first kappa shape index (κ1) is 15.8. The molecule has 0 aliphatic heterocycles. The molecule has 0 heterocycles. The van der Waals surface area contributed by atoms with Gasteiger partial charge in [0, 0.05) is 12.5 Å². The zero-order valence-corrected chi connectivity index (χ0v) is 11.9. The molecule has 19 heavy (non-hydrogen) atoms. The van der Waals surface area contributed by atoms with Gasteiger partial charge in [0.25, 0.3) is 0 Å². The summed E-state index contributed by atoms with van der Waals surface area (Å²) in [5.41, 5.74) is -0.549. The molecule has 0 aromatic rings. The van der Waals surface area contributed by atoms with Gasteiger partial charge in [-0.1, -0.05) is 0 Å². The van der Waals surface area contributed by atoms with Crippen LogP contribution in [0, 0.1) is 11.8 Å². The summed E-state index contributed by atoms with van der Waals surface area (Å²) in [6, 6.07) is 0. The van der Waals surface area contributed by atoms with Crippen molar-refractivity contribution in [1.29, 1.82) is 0 Å². The number of nitrogens with one attached hydrogen (secondary N) is 1. The molecule has 0 unspecified atom stereocenters. The zero-order chi connectivity index (χ0) is 14.6. The van der Waals surface area contributed by atoms with E-state index in [1.165, 1.54) is 7.11 Å². The average Bonchev–Trinajstić information content (AvgIpc) is 2.65. The van der Waals surface area contributed by atoms with E-state index >= 15 is 0 Å². The van der Waals surface area contributed by atoms with Crippen molar-refractivity contribution in [1.82, 2.24) is 5.32 Å². The van der Waals surface area contributed by atoms with Crippen molar-refractivity contribution < 1.29 is 24.2 Å². The summed E-state index contributed by atoms with van der Waals surface area (Å²) in [6.45, 7) is 5.64. The Morgan fingerprint density at radius 1 is 1.32 bits per heavy atom. The third-order valence-corrected chi connectivity index (χ3v) is 3.10. The van der Waals surface area contributed by atoms with Gasteiger partial charge in [0.15, 0.2) is 0 Å². The molecule has 0 saturated heterocycles. The normalized spacial score (nSPS) is 26.9. The highest BCUT2D eigenvalue weighted by Gasteiger charge is 2.37. The molecule has 0 aromatic carbocycles. The lowest BCUT2D eigenvalue weighted by Crippen LogP contribution is -2.36. The van der Waals surface area contributed by atoms with E-state index in [1.807, 2.05) is 0 Å². The Morgan fingerprint density at radius 3 is 2.47 bits per heavy atom. The highest BCUT2D eigenvalue weighted by molar-refractivity contribution is 5.72. The second kappa shape index (κ2) is 6.23. The Hall–Kier alpha value is -1.30. The molecule has 1 aliphatic carbocycles. The van der Waals surface area contributed by atoms with Crippen LogP contribution in [0.5, 0.6) is 0 Å². The largest absolute Gasteiger partial charge is 0.469 e. The van der Waals surface area contributed by atoms with Crippen molar-refractivity contribution in [2.75, 3.05) is 13.7 Å². The minimum Gasteiger partial charge on any atom is -0.469 e. The molecule has 110 valence electrons. The van der Waals surface area contributed by atoms with Gasteiger partial charge in [0.1, 0.15) is 5.60 Å². The summed E-state index contributed by atoms with van der Waals surface area (Å²) >= 11 is 0. The van der Waals surface area contributed by atoms with Gasteiger partial charge in [-0.3, -0.25) is 4.79 Å². The second-order valence-corrected chi connectivity index (χ2v) is 5.90. The first-order valence-corrected chi connectivity index (χ1v) is 6.45. The molecule has 1 fully saturated rings. The summed E-state index contributed by atoms with van der Waals surface area (Å²) in [5, 5.41) is 12.5. The van der Waals surface area contributed by atoms with Gasteiger partial charge in [-0.25, -0.2) is 4.79 Å². The van der Waals surface area contributed by atoms with Crippen LogP contribution in [0.15, 0.2) is 0 Å². The van der Waals surface area contributed by atoms with Crippen LogP contribution in [0.1, 0.15) is 33.6 Å². The molecule has 1 amide bonds. The first-order chi connectivity index (χ1) is 8.73. The number of esters is 1. The molecule has 6 heteroatoms. The lowest BCUT2D eigenvalue weighted by Gasteiger charge is -2.21. The summed E-state index contributed by atoms with van der Waals surface area (Å²) in [5.74, 6) is -0.735. The fourth-order valence-electron chi connectivity index (χ4n) is 2.21. The Kier molecular flexibility index (Phi) is 5.17. The summed E-state index contributed by atoms with van der Waals surface area (Å²) in [6.07, 6.45) is -0.211. The van der Waals surface area contributed by atoms with Crippen LogP contribution in [0.4, 0.5) is 4.79 Å². The third kappa shape index (κ3) is 5.06. The molecule has 1 rings (SSSR count). The van der Waals surface area contributed by atoms with Crippen molar-refractivity contribution in [2.45, 2.75) is 45.3 Å². The smallest absolute Gasteiger partial charge is 0.407 e. The molecule has 1 aliphatic rings. The lowest BCUT2D eigenvalue weighted by atomic mass is 10.0. The van der Waals surface area contributed by atoms with Crippen LogP contribution in [-0.4, -0.2) is 42.5 Å². The van der Waals surface area contributed by atoms with Crippen molar-refractivity contribution >= 4 is 12.1 Å². The molecule has 0 bridgehead atoms. The highest BCUT2D eigenvalue weighted by Crippen LogP contribution is 2.31. The van der Waals surface area contributed by atoms with E-state index in [2.05, 4.69) is 10.1 Å². The highest BCUT2D eigenvalue weighted by atomic mass is 16.6. The number of methoxy groups -OCH3 is 1. The van der Waals surface area contributed by atoms with Crippen LogP contribution >= 0.6 is 0 Å². The average molecular weight is 273 g/mol. The predicted octanol–water partition coefficient (Wildman–Crippen LogP) is 1.07. The van der Waals surface area contributed by atoms with Crippen LogP contribution < -0.4 is 5.32 Å². The van der Waals surface area contributed by atoms with E-state index in [9.17, 15) is 14.7 Å². The maximum atomic E-state index is 11.5. The number of carbonyl (C=O) groups excluding carboxylic acids is 2. The number of ether oxygens (including phenoxy) is 2. The number of alkyl carbamates (subject to hydrolysis) is 1. The molecule has 2 N–H and O–H groups in total. The van der Waals surface area contributed by atoms with E-state index in [-0.39, 0.29) is 17.8 Å². The van der Waals surface area contributed by atoms with Crippen molar-refractivity contribution in [2.24, 2.45) is 11.8 Å². The van der Waals surface area contributed by atoms with Gasteiger partial charge in [0.2, 0.25) is 0 Å². The summed E-state index contributed by atoms with van der Waals surface area (Å²) in [4.78, 5) is 22.9. The zero-order valence-electron chi connectivity index (χ0n) is 11.9. The van der Waals surface area contributed by atoms with Crippen LogP contribution in [0.2, 0.25) is 0 Å². The maximum Gasteiger partial charge on any atom is 0.407 e. The second-order valence-electron chi connectivity index (χ2n) is 5.90. The fraction of sp³-hybridized carbons (Fsp3) is 0.846. The minimum atomic E-state index is -0.598. The van der Waals surface area contributed by atoms with Crippen LogP contribution in [-0.2, 0) is 14.3 Å². The Morgan fingerprint density at radius 2 is 1.95 bits per heavy atom. The van der Waals surface area contributed by atoms with Gasteiger partial charge < -0.3 is 19.9 Å². The standard InChI is InChI=1S/C13H23NO5/c1-13(2,3)19-12(17)14-7-9-5-8(6-10(9)15)11(16)18-4/h8-10,15H,5-7H2,1-4H3,(H,14,17)/t8-,9+,10+/m1/s1. The van der Waals surface area contributed by atoms with Crippen LogP contribution in [0.3, 0.4) is 0 Å². The van der Waals surface area contributed by atoms with E-state index in [1.54, 1.807) is 20.8 Å². The van der Waals surface area contributed by atoms with Gasteiger partial charge in [-0.05, 0) is 33.6 Å². The number of rotatable bonds is 3. The fourth-order valence-corrected chi connectivity index (χ4v) is 2.21. The minimum absolute atomic E-state index is 0.142. The molecule has 6 nitrogen and oxygen atoms in total. The van der Waals surface area contributed by atoms with E-state index < -0.39 is 17.8 Å². The molecule has 0 radical (unpaired) electrons. The van der Waals surface area contributed by atoms with Gasteiger partial charge in [-0.15, -0.1) is 0 Å². The molecule has 0 spiro atoms. The Bertz CT molecular complexity index is 336. The number of hydrogen-bond acceptors (Lipinski definition) is 5. The molecule has 1 saturated carbocycles. The first-order valence-electron chi connectivity index (χ1n) is 6.45. The summed E-state index contributed by atoms with van der Waals surface area (Å²) < 4.78 is 9.77. The van der Waals surface area contributed by atoms with Gasteiger partial charge >= 0.3 is 12.1 Å². The summed E-state index contributed by atoms with van der Waals surface area (Å²) in [7, 11) is 1.33. The van der Waals surface area contributed by atoms with Crippen molar-refractivity contribution in [3.05, 3.63) is 0 Å². The van der Waals surface area contributed by atoms with Crippen LogP contribution in [0.25, 0.3) is 0 Å².